The van der Waals surface area contributed by atoms with Crippen LogP contribution < -0.4 is 21.3 Å². The van der Waals surface area contributed by atoms with E-state index in [1.807, 2.05) is 0 Å². The Labute approximate surface area is 170 Å². The smallest absolute Gasteiger partial charge is 0.306 e. The van der Waals surface area contributed by atoms with Crippen LogP contribution in [0.4, 0.5) is 0 Å². The highest BCUT2D eigenvalue weighted by atomic mass is 32.1. The van der Waals surface area contributed by atoms with Crippen molar-refractivity contribution < 1.29 is 19.1 Å². The fourth-order valence-corrected chi connectivity index (χ4v) is 3.29. The molecule has 4 N–H and O–H groups in total. The summed E-state index contributed by atoms with van der Waals surface area (Å²) in [5.74, 6) is -0.217. The molecule has 0 radical (unpaired) electrons. The monoisotopic (exact) mass is 416 g/mol. The van der Waals surface area contributed by atoms with E-state index in [1.54, 1.807) is 0 Å². The second-order valence-electron chi connectivity index (χ2n) is 6.60. The summed E-state index contributed by atoms with van der Waals surface area (Å²) >= 11 is 10.4. The summed E-state index contributed by atoms with van der Waals surface area (Å²) < 4.78 is 10.3. The fraction of sp³-hybridized carbons (Fsp3) is 0.765. The fourth-order valence-electron chi connectivity index (χ4n) is 2.88. The summed E-state index contributed by atoms with van der Waals surface area (Å²) in [4.78, 5) is 22.0. The van der Waals surface area contributed by atoms with Crippen LogP contribution in [0, 0.1) is 0 Å². The summed E-state index contributed by atoms with van der Waals surface area (Å²) in [6.45, 7) is 2.84. The molecule has 0 aliphatic carbocycles. The molecule has 0 saturated carbocycles. The molecule has 2 fully saturated rings. The van der Waals surface area contributed by atoms with Gasteiger partial charge in [0.05, 0.1) is 0 Å². The standard InChI is InChI=1S/C17H28N4O4S2/c22-14-4-2-12(24-14)6-10-20-16(26)18-8-1-9-19-17(27)21-11-7-13-3-5-15(23)25-13/h12-13H,1-11H2,(H2,18,20,26)(H2,19,21,27). The molecule has 2 atom stereocenters. The van der Waals surface area contributed by atoms with Gasteiger partial charge in [-0.05, 0) is 43.7 Å². The maximum absolute atomic E-state index is 11.0. The number of thiocarbonyl (C=S) groups is 2. The van der Waals surface area contributed by atoms with Crippen molar-refractivity contribution in [3.8, 4) is 0 Å². The van der Waals surface area contributed by atoms with Gasteiger partial charge in [0, 0.05) is 51.9 Å². The van der Waals surface area contributed by atoms with E-state index in [-0.39, 0.29) is 24.1 Å². The first-order valence-electron chi connectivity index (χ1n) is 9.45. The van der Waals surface area contributed by atoms with Crippen molar-refractivity contribution in [2.75, 3.05) is 26.2 Å². The lowest BCUT2D eigenvalue weighted by atomic mass is 10.2. The molecule has 2 unspecified atom stereocenters. The van der Waals surface area contributed by atoms with E-state index in [0.717, 1.165) is 45.2 Å². The first-order chi connectivity index (χ1) is 13.0. The van der Waals surface area contributed by atoms with Crippen molar-refractivity contribution >= 4 is 46.6 Å². The molecular weight excluding hydrogens is 388 g/mol. The van der Waals surface area contributed by atoms with Gasteiger partial charge in [-0.25, -0.2) is 0 Å². The van der Waals surface area contributed by atoms with Crippen molar-refractivity contribution in [1.82, 2.24) is 21.3 Å². The molecule has 0 aromatic rings. The van der Waals surface area contributed by atoms with Crippen LogP contribution in [-0.2, 0) is 19.1 Å². The van der Waals surface area contributed by atoms with E-state index >= 15 is 0 Å². The van der Waals surface area contributed by atoms with Crippen molar-refractivity contribution in [3.63, 3.8) is 0 Å². The number of hydrogen-bond donors (Lipinski definition) is 4. The maximum Gasteiger partial charge on any atom is 0.306 e. The van der Waals surface area contributed by atoms with Crippen LogP contribution in [-0.4, -0.2) is 60.6 Å². The maximum atomic E-state index is 11.0. The number of nitrogens with one attached hydrogen (secondary N) is 4. The van der Waals surface area contributed by atoms with Crippen LogP contribution in [0.1, 0.15) is 44.9 Å². The molecule has 0 aromatic heterocycles. The van der Waals surface area contributed by atoms with Gasteiger partial charge in [-0.15, -0.1) is 0 Å². The Hall–Kier alpha value is -1.68. The minimum Gasteiger partial charge on any atom is -0.462 e. The Balaban J connectivity index is 1.37. The van der Waals surface area contributed by atoms with Gasteiger partial charge in [-0.1, -0.05) is 0 Å². The molecule has 0 bridgehead atoms. The number of carbonyl (C=O) groups excluding carboxylic acids is 2. The van der Waals surface area contributed by atoms with E-state index in [9.17, 15) is 9.59 Å². The van der Waals surface area contributed by atoms with Crippen molar-refractivity contribution in [3.05, 3.63) is 0 Å². The Morgan fingerprint density at radius 3 is 1.56 bits per heavy atom. The molecule has 0 amide bonds. The third kappa shape index (κ3) is 9.18. The molecule has 2 heterocycles. The molecule has 2 saturated heterocycles. The third-order valence-corrected chi connectivity index (χ3v) is 4.94. The summed E-state index contributed by atoms with van der Waals surface area (Å²) in [7, 11) is 0. The average molecular weight is 417 g/mol. The topological polar surface area (TPSA) is 101 Å². The number of ether oxygens (including phenoxy) is 2. The molecule has 2 aliphatic rings. The number of carbonyl (C=O) groups is 2. The Kier molecular flexibility index (Phi) is 9.54. The molecule has 152 valence electrons. The van der Waals surface area contributed by atoms with Gasteiger partial charge in [0.15, 0.2) is 10.2 Å². The van der Waals surface area contributed by atoms with Crippen LogP contribution in [0.25, 0.3) is 0 Å². The first kappa shape index (κ1) is 21.6. The summed E-state index contributed by atoms with van der Waals surface area (Å²) in [6, 6.07) is 0. The number of hydrogen-bond acceptors (Lipinski definition) is 6. The zero-order chi connectivity index (χ0) is 19.5. The Morgan fingerprint density at radius 1 is 0.778 bits per heavy atom. The van der Waals surface area contributed by atoms with Crippen LogP contribution in [0.3, 0.4) is 0 Å². The molecule has 0 spiro atoms. The zero-order valence-corrected chi connectivity index (χ0v) is 17.0. The van der Waals surface area contributed by atoms with E-state index in [0.29, 0.717) is 36.2 Å². The van der Waals surface area contributed by atoms with Gasteiger partial charge in [-0.2, -0.15) is 0 Å². The van der Waals surface area contributed by atoms with Crippen molar-refractivity contribution in [1.29, 1.82) is 0 Å². The summed E-state index contributed by atoms with van der Waals surface area (Å²) in [5, 5.41) is 13.7. The lowest BCUT2D eigenvalue weighted by molar-refractivity contribution is -0.142. The second kappa shape index (κ2) is 11.9. The van der Waals surface area contributed by atoms with E-state index in [1.165, 1.54) is 0 Å². The predicted molar refractivity (Wildman–Crippen MR) is 109 cm³/mol. The molecule has 0 aromatic carbocycles. The molecule has 2 aliphatic heterocycles. The first-order valence-corrected chi connectivity index (χ1v) is 10.3. The summed E-state index contributed by atoms with van der Waals surface area (Å²) in [5.41, 5.74) is 0. The highest BCUT2D eigenvalue weighted by Crippen LogP contribution is 2.16. The van der Waals surface area contributed by atoms with E-state index < -0.39 is 0 Å². The lowest BCUT2D eigenvalue weighted by Gasteiger charge is -2.14. The zero-order valence-electron chi connectivity index (χ0n) is 15.4. The number of cyclic esters (lactones) is 2. The number of esters is 2. The molecule has 2 rings (SSSR count). The highest BCUT2D eigenvalue weighted by Gasteiger charge is 2.23. The van der Waals surface area contributed by atoms with Gasteiger partial charge in [0.1, 0.15) is 12.2 Å². The largest absolute Gasteiger partial charge is 0.462 e. The molecule has 27 heavy (non-hydrogen) atoms. The molecule has 8 nitrogen and oxygen atoms in total. The quantitative estimate of drug-likeness (QED) is 0.229. The Bertz CT molecular complexity index is 501. The highest BCUT2D eigenvalue weighted by molar-refractivity contribution is 7.80. The Morgan fingerprint density at radius 2 is 1.19 bits per heavy atom. The third-order valence-electron chi connectivity index (χ3n) is 4.37. The second-order valence-corrected chi connectivity index (χ2v) is 7.41. The minimum absolute atomic E-state index is 0.0197. The van der Waals surface area contributed by atoms with E-state index in [4.69, 9.17) is 33.9 Å². The lowest BCUT2D eigenvalue weighted by Crippen LogP contribution is -2.40. The van der Waals surface area contributed by atoms with Crippen molar-refractivity contribution in [2.45, 2.75) is 57.2 Å². The SMILES string of the molecule is O=C1CCC(CCNC(=S)NCCCNC(=S)NCCC2CCC(=O)O2)O1. The van der Waals surface area contributed by atoms with E-state index in [2.05, 4.69) is 21.3 Å². The van der Waals surface area contributed by atoms with Gasteiger partial charge in [0.2, 0.25) is 0 Å². The van der Waals surface area contributed by atoms with Crippen LogP contribution >= 0.6 is 24.4 Å². The summed E-state index contributed by atoms with van der Waals surface area (Å²) in [6.07, 6.45) is 5.08. The predicted octanol–water partition coefficient (Wildman–Crippen LogP) is 0.496. The van der Waals surface area contributed by atoms with Crippen LogP contribution in [0.15, 0.2) is 0 Å². The van der Waals surface area contributed by atoms with Crippen molar-refractivity contribution in [2.24, 2.45) is 0 Å². The minimum atomic E-state index is -0.109. The molecular formula is C17H28N4O4S2. The molecule has 10 heteroatoms. The van der Waals surface area contributed by atoms with Gasteiger partial charge in [0.25, 0.3) is 0 Å². The number of rotatable bonds is 10. The van der Waals surface area contributed by atoms with Gasteiger partial charge >= 0.3 is 11.9 Å². The normalized spacial score (nSPS) is 21.3. The van der Waals surface area contributed by atoms with Gasteiger partial charge < -0.3 is 30.7 Å². The van der Waals surface area contributed by atoms with Crippen LogP contribution in [0.5, 0.6) is 0 Å². The van der Waals surface area contributed by atoms with Crippen LogP contribution in [0.2, 0.25) is 0 Å². The average Bonchev–Trinajstić information content (AvgIpc) is 3.23. The van der Waals surface area contributed by atoms with Gasteiger partial charge in [-0.3, -0.25) is 9.59 Å².